The topological polar surface area (TPSA) is 24.4 Å². The van der Waals surface area contributed by atoms with Crippen LogP contribution in [0.5, 0.6) is 0 Å². The largest absolute Gasteiger partial charge is 0.314 e. The molecule has 0 aliphatic carbocycles. The Hall–Kier alpha value is -0.890. The van der Waals surface area contributed by atoms with Crippen LogP contribution in [-0.4, -0.2) is 25.8 Å². The van der Waals surface area contributed by atoms with Crippen LogP contribution in [0.4, 0.5) is 0 Å². The maximum Gasteiger partial charge on any atom is 0.0313 e. The van der Waals surface area contributed by atoms with Crippen LogP contribution >= 0.6 is 0 Å². The summed E-state index contributed by atoms with van der Waals surface area (Å²) in [6.45, 7) is 6.24. The van der Waals surface area contributed by atoms with Gasteiger partial charge < -0.3 is 5.32 Å². The number of nitrogens with zero attached hydrogens (tertiary/aromatic N) is 1. The number of likely N-dealkylation sites (N-methyl/N-ethyl adjacent to an activating group) is 1. The Morgan fingerprint density at radius 1 is 1.38 bits per heavy atom. The molecule has 0 saturated heterocycles. The van der Waals surface area contributed by atoms with Gasteiger partial charge in [-0.15, -0.1) is 0 Å². The first-order valence-corrected chi connectivity index (χ1v) is 4.57. The predicted octanol–water partition coefficient (Wildman–Crippen LogP) is 2.19. The highest BCUT2D eigenvalue weighted by atomic mass is 14.8. The van der Waals surface area contributed by atoms with Crippen LogP contribution in [0.15, 0.2) is 28.8 Å². The molecule has 0 aromatic carbocycles. The highest BCUT2D eigenvalue weighted by Crippen LogP contribution is 1.99. The van der Waals surface area contributed by atoms with E-state index in [4.69, 9.17) is 0 Å². The molecule has 0 amide bonds. The van der Waals surface area contributed by atoms with Crippen LogP contribution in [0.25, 0.3) is 0 Å². The van der Waals surface area contributed by atoms with Gasteiger partial charge in [-0.3, -0.25) is 4.99 Å². The maximum absolute atomic E-state index is 4.04. The van der Waals surface area contributed by atoms with Gasteiger partial charge in [0.15, 0.2) is 0 Å². The molecule has 1 unspecified atom stereocenters. The first-order chi connectivity index (χ1) is 6.11. The summed E-state index contributed by atoms with van der Waals surface area (Å²) in [4.78, 5) is 4.04. The molecule has 0 rings (SSSR count). The van der Waals surface area contributed by atoms with E-state index in [1.165, 1.54) is 5.57 Å². The van der Waals surface area contributed by atoms with Gasteiger partial charge in [-0.2, -0.15) is 0 Å². The standard InChI is InChI=1S/C11H20N2/c1-9(11(3)13-5)7-6-8-10(2)12-4/h6-8,11,13H,1-5H3/b8-6-,9-7+,12-10+. The summed E-state index contributed by atoms with van der Waals surface area (Å²) in [5, 5.41) is 3.18. The molecule has 74 valence electrons. The minimum Gasteiger partial charge on any atom is -0.314 e. The van der Waals surface area contributed by atoms with Gasteiger partial charge in [0.25, 0.3) is 0 Å². The summed E-state index contributed by atoms with van der Waals surface area (Å²) in [5.74, 6) is 0. The Morgan fingerprint density at radius 2 is 2.00 bits per heavy atom. The number of aliphatic imine (C=N–C) groups is 1. The number of hydrogen-bond donors (Lipinski definition) is 1. The fourth-order valence-electron chi connectivity index (χ4n) is 0.786. The summed E-state index contributed by atoms with van der Waals surface area (Å²) in [6.07, 6.45) is 6.15. The number of allylic oxidation sites excluding steroid dienone is 3. The van der Waals surface area contributed by atoms with Gasteiger partial charge >= 0.3 is 0 Å². The third-order valence-corrected chi connectivity index (χ3v) is 2.17. The van der Waals surface area contributed by atoms with Crippen LogP contribution < -0.4 is 5.32 Å². The maximum atomic E-state index is 4.04. The van der Waals surface area contributed by atoms with E-state index >= 15 is 0 Å². The molecule has 0 aliphatic heterocycles. The summed E-state index contributed by atoms with van der Waals surface area (Å²) in [5.41, 5.74) is 2.36. The van der Waals surface area contributed by atoms with E-state index in [2.05, 4.69) is 30.2 Å². The number of hydrogen-bond acceptors (Lipinski definition) is 2. The van der Waals surface area contributed by atoms with Crippen molar-refractivity contribution in [3.8, 4) is 0 Å². The second-order valence-corrected chi connectivity index (χ2v) is 3.15. The van der Waals surface area contributed by atoms with Gasteiger partial charge in [0, 0.05) is 18.8 Å². The van der Waals surface area contributed by atoms with Crippen molar-refractivity contribution in [1.82, 2.24) is 5.32 Å². The molecule has 0 fully saturated rings. The summed E-state index contributed by atoms with van der Waals surface area (Å²) in [7, 11) is 3.76. The molecule has 0 aromatic rings. The second kappa shape index (κ2) is 6.61. The third kappa shape index (κ3) is 5.36. The zero-order valence-corrected chi connectivity index (χ0v) is 9.26. The molecule has 1 N–H and O–H groups in total. The Labute approximate surface area is 81.5 Å². The van der Waals surface area contributed by atoms with Crippen LogP contribution in [0.1, 0.15) is 20.8 Å². The van der Waals surface area contributed by atoms with Gasteiger partial charge in [-0.05, 0) is 33.9 Å². The average molecular weight is 180 g/mol. The Kier molecular flexibility index (Phi) is 6.15. The molecule has 0 saturated carbocycles. The van der Waals surface area contributed by atoms with Crippen molar-refractivity contribution in [2.75, 3.05) is 14.1 Å². The minimum atomic E-state index is 0.434. The fourth-order valence-corrected chi connectivity index (χ4v) is 0.786. The lowest BCUT2D eigenvalue weighted by molar-refractivity contribution is 0.692. The van der Waals surface area contributed by atoms with E-state index in [0.29, 0.717) is 6.04 Å². The first kappa shape index (κ1) is 12.1. The molecule has 1 atom stereocenters. The van der Waals surface area contributed by atoms with Crippen molar-refractivity contribution >= 4 is 5.71 Å². The van der Waals surface area contributed by atoms with E-state index < -0.39 is 0 Å². The molecule has 2 heteroatoms. The molecule has 13 heavy (non-hydrogen) atoms. The second-order valence-electron chi connectivity index (χ2n) is 3.15. The van der Waals surface area contributed by atoms with Gasteiger partial charge in [0.2, 0.25) is 0 Å². The van der Waals surface area contributed by atoms with E-state index in [0.717, 1.165) is 5.71 Å². The highest BCUT2D eigenvalue weighted by molar-refractivity contribution is 5.92. The smallest absolute Gasteiger partial charge is 0.0313 e. The molecule has 0 bridgehead atoms. The number of rotatable bonds is 4. The average Bonchev–Trinajstić information content (AvgIpc) is 2.15. The van der Waals surface area contributed by atoms with Crippen molar-refractivity contribution in [2.45, 2.75) is 26.8 Å². The lowest BCUT2D eigenvalue weighted by Crippen LogP contribution is -2.21. The fraction of sp³-hybridized carbons (Fsp3) is 0.545. The van der Waals surface area contributed by atoms with Crippen molar-refractivity contribution in [2.24, 2.45) is 4.99 Å². The first-order valence-electron chi connectivity index (χ1n) is 4.57. The molecule has 0 aromatic heterocycles. The van der Waals surface area contributed by atoms with Crippen molar-refractivity contribution in [3.63, 3.8) is 0 Å². The lowest BCUT2D eigenvalue weighted by atomic mass is 10.1. The quantitative estimate of drug-likeness (QED) is 0.520. The zero-order valence-electron chi connectivity index (χ0n) is 9.26. The van der Waals surface area contributed by atoms with Crippen LogP contribution in [-0.2, 0) is 0 Å². The Bertz CT molecular complexity index is 224. The summed E-state index contributed by atoms with van der Waals surface area (Å²) < 4.78 is 0. The normalized spacial score (nSPS) is 16.7. The SMILES string of the molecule is C/N=C(C)/C=C\C=C(/C)C(C)NC. The van der Waals surface area contributed by atoms with E-state index in [-0.39, 0.29) is 0 Å². The Morgan fingerprint density at radius 3 is 2.46 bits per heavy atom. The van der Waals surface area contributed by atoms with Crippen LogP contribution in [0, 0.1) is 0 Å². The van der Waals surface area contributed by atoms with E-state index in [9.17, 15) is 0 Å². The van der Waals surface area contributed by atoms with Gasteiger partial charge in [-0.25, -0.2) is 0 Å². The molecule has 2 nitrogen and oxygen atoms in total. The molecule has 0 heterocycles. The third-order valence-electron chi connectivity index (χ3n) is 2.17. The minimum absolute atomic E-state index is 0.434. The van der Waals surface area contributed by atoms with Crippen molar-refractivity contribution in [3.05, 3.63) is 23.8 Å². The predicted molar refractivity (Wildman–Crippen MR) is 60.5 cm³/mol. The molecular formula is C11H20N2. The van der Waals surface area contributed by atoms with Gasteiger partial charge in [0.05, 0.1) is 0 Å². The van der Waals surface area contributed by atoms with E-state index in [1.54, 1.807) is 7.05 Å². The lowest BCUT2D eigenvalue weighted by Gasteiger charge is -2.08. The Balaban J connectivity index is 4.18. The highest BCUT2D eigenvalue weighted by Gasteiger charge is 1.96. The van der Waals surface area contributed by atoms with Crippen molar-refractivity contribution < 1.29 is 0 Å². The van der Waals surface area contributed by atoms with Crippen LogP contribution in [0.2, 0.25) is 0 Å². The molecule has 0 aliphatic rings. The van der Waals surface area contributed by atoms with Gasteiger partial charge in [-0.1, -0.05) is 17.7 Å². The van der Waals surface area contributed by atoms with Crippen LogP contribution in [0.3, 0.4) is 0 Å². The van der Waals surface area contributed by atoms with E-state index in [1.807, 2.05) is 26.1 Å². The zero-order chi connectivity index (χ0) is 10.3. The summed E-state index contributed by atoms with van der Waals surface area (Å²) >= 11 is 0. The van der Waals surface area contributed by atoms with Crippen molar-refractivity contribution in [1.29, 1.82) is 0 Å². The molecule has 0 spiro atoms. The summed E-state index contributed by atoms with van der Waals surface area (Å²) in [6, 6.07) is 0.434. The monoisotopic (exact) mass is 180 g/mol. The molecule has 0 radical (unpaired) electrons. The number of nitrogens with one attached hydrogen (secondary N) is 1. The molecular weight excluding hydrogens is 160 g/mol. The van der Waals surface area contributed by atoms with Gasteiger partial charge in [0.1, 0.15) is 0 Å².